The van der Waals surface area contributed by atoms with Gasteiger partial charge >= 0.3 is 0 Å². The summed E-state index contributed by atoms with van der Waals surface area (Å²) in [6.07, 6.45) is 0. The molecule has 0 saturated carbocycles. The maximum atomic E-state index is 8.84. The molecule has 1 heterocycles. The van der Waals surface area contributed by atoms with Crippen LogP contribution in [0.3, 0.4) is 0 Å². The third kappa shape index (κ3) is 2.33. The molecule has 4 nitrogen and oxygen atoms in total. The Kier molecular flexibility index (Phi) is 4.10. The SMILES string of the molecule is CCNCc1c(C)nn(CCO)c1C. The van der Waals surface area contributed by atoms with E-state index < -0.39 is 0 Å². The van der Waals surface area contributed by atoms with Gasteiger partial charge in [0.15, 0.2) is 0 Å². The van der Waals surface area contributed by atoms with Crippen molar-refractivity contribution in [2.45, 2.75) is 33.9 Å². The van der Waals surface area contributed by atoms with Crippen molar-refractivity contribution in [3.05, 3.63) is 17.0 Å². The average molecular weight is 197 g/mol. The predicted octanol–water partition coefficient (Wildman–Crippen LogP) is 0.602. The molecule has 1 aromatic rings. The zero-order valence-electron chi connectivity index (χ0n) is 9.17. The molecule has 0 unspecified atom stereocenters. The van der Waals surface area contributed by atoms with Gasteiger partial charge < -0.3 is 10.4 Å². The molecule has 0 radical (unpaired) electrons. The van der Waals surface area contributed by atoms with Crippen molar-refractivity contribution in [3.63, 3.8) is 0 Å². The molecule has 0 aliphatic rings. The quantitative estimate of drug-likeness (QED) is 0.727. The number of nitrogens with zero attached hydrogens (tertiary/aromatic N) is 2. The molecule has 0 bridgehead atoms. The molecule has 0 aliphatic heterocycles. The van der Waals surface area contributed by atoms with E-state index >= 15 is 0 Å². The van der Waals surface area contributed by atoms with Crippen LogP contribution in [0.15, 0.2) is 0 Å². The topological polar surface area (TPSA) is 50.1 Å². The van der Waals surface area contributed by atoms with Crippen LogP contribution in [0.2, 0.25) is 0 Å². The lowest BCUT2D eigenvalue weighted by molar-refractivity contribution is 0.267. The summed E-state index contributed by atoms with van der Waals surface area (Å²) < 4.78 is 1.86. The van der Waals surface area contributed by atoms with Gasteiger partial charge in [0, 0.05) is 17.8 Å². The van der Waals surface area contributed by atoms with Gasteiger partial charge in [-0.15, -0.1) is 0 Å². The molecular formula is C10H19N3O. The third-order valence-corrected chi connectivity index (χ3v) is 2.39. The maximum Gasteiger partial charge on any atom is 0.0644 e. The van der Waals surface area contributed by atoms with Gasteiger partial charge in [-0.2, -0.15) is 5.10 Å². The van der Waals surface area contributed by atoms with E-state index in [2.05, 4.69) is 17.3 Å². The summed E-state index contributed by atoms with van der Waals surface area (Å²) in [5, 5.41) is 16.5. The van der Waals surface area contributed by atoms with Crippen molar-refractivity contribution in [1.82, 2.24) is 15.1 Å². The number of hydrogen-bond acceptors (Lipinski definition) is 3. The van der Waals surface area contributed by atoms with Gasteiger partial charge in [0.2, 0.25) is 0 Å². The Hall–Kier alpha value is -0.870. The van der Waals surface area contributed by atoms with Crippen LogP contribution in [0, 0.1) is 13.8 Å². The van der Waals surface area contributed by atoms with Crippen molar-refractivity contribution in [1.29, 1.82) is 0 Å². The molecule has 0 spiro atoms. The number of aliphatic hydroxyl groups excluding tert-OH is 1. The third-order valence-electron chi connectivity index (χ3n) is 2.39. The zero-order chi connectivity index (χ0) is 10.6. The molecule has 80 valence electrons. The molecule has 1 rings (SSSR count). The highest BCUT2D eigenvalue weighted by molar-refractivity contribution is 5.24. The Morgan fingerprint density at radius 3 is 2.71 bits per heavy atom. The number of aromatic nitrogens is 2. The van der Waals surface area contributed by atoms with E-state index in [1.807, 2.05) is 18.5 Å². The number of aryl methyl sites for hydroxylation is 1. The van der Waals surface area contributed by atoms with E-state index in [9.17, 15) is 0 Å². The minimum atomic E-state index is 0.141. The predicted molar refractivity (Wildman–Crippen MR) is 56.2 cm³/mol. The van der Waals surface area contributed by atoms with Crippen LogP contribution >= 0.6 is 0 Å². The highest BCUT2D eigenvalue weighted by Gasteiger charge is 2.09. The Balaban J connectivity index is 2.81. The zero-order valence-corrected chi connectivity index (χ0v) is 9.17. The summed E-state index contributed by atoms with van der Waals surface area (Å²) in [6, 6.07) is 0. The van der Waals surface area contributed by atoms with Crippen molar-refractivity contribution < 1.29 is 5.11 Å². The van der Waals surface area contributed by atoms with E-state index in [-0.39, 0.29) is 6.61 Å². The van der Waals surface area contributed by atoms with Crippen LogP contribution in [-0.4, -0.2) is 28.0 Å². The van der Waals surface area contributed by atoms with Gasteiger partial charge in [-0.05, 0) is 20.4 Å². The van der Waals surface area contributed by atoms with Crippen LogP contribution in [-0.2, 0) is 13.1 Å². The second kappa shape index (κ2) is 5.12. The number of hydrogen-bond donors (Lipinski definition) is 2. The highest BCUT2D eigenvalue weighted by Crippen LogP contribution is 2.12. The molecule has 4 heteroatoms. The molecule has 14 heavy (non-hydrogen) atoms. The summed E-state index contributed by atoms with van der Waals surface area (Å²) in [4.78, 5) is 0. The minimum absolute atomic E-state index is 0.141. The molecule has 2 N–H and O–H groups in total. The molecule has 0 saturated heterocycles. The standard InChI is InChI=1S/C10H19N3O/c1-4-11-7-10-8(2)12-13(5-6-14)9(10)3/h11,14H,4-7H2,1-3H3. The van der Waals surface area contributed by atoms with Crippen molar-refractivity contribution in [3.8, 4) is 0 Å². The first kappa shape index (κ1) is 11.2. The molecule has 1 aromatic heterocycles. The number of aliphatic hydroxyl groups is 1. The van der Waals surface area contributed by atoms with Gasteiger partial charge in [0.05, 0.1) is 18.8 Å². The summed E-state index contributed by atoms with van der Waals surface area (Å²) in [7, 11) is 0. The maximum absolute atomic E-state index is 8.84. The smallest absolute Gasteiger partial charge is 0.0644 e. The highest BCUT2D eigenvalue weighted by atomic mass is 16.3. The molecule has 0 aliphatic carbocycles. The minimum Gasteiger partial charge on any atom is -0.394 e. The summed E-state index contributed by atoms with van der Waals surface area (Å²) >= 11 is 0. The normalized spacial score (nSPS) is 10.9. The molecule has 0 amide bonds. The van der Waals surface area contributed by atoms with Gasteiger partial charge in [0.1, 0.15) is 0 Å². The van der Waals surface area contributed by atoms with Crippen molar-refractivity contribution >= 4 is 0 Å². The largest absolute Gasteiger partial charge is 0.394 e. The molecule has 0 fully saturated rings. The monoisotopic (exact) mass is 197 g/mol. The van der Waals surface area contributed by atoms with E-state index in [0.29, 0.717) is 6.54 Å². The number of nitrogens with one attached hydrogen (secondary N) is 1. The second-order valence-corrected chi connectivity index (χ2v) is 3.38. The number of rotatable bonds is 5. The van der Waals surface area contributed by atoms with E-state index in [1.165, 1.54) is 5.56 Å². The Morgan fingerprint density at radius 2 is 2.14 bits per heavy atom. The van der Waals surface area contributed by atoms with Crippen LogP contribution in [0.5, 0.6) is 0 Å². The van der Waals surface area contributed by atoms with Crippen LogP contribution in [0.1, 0.15) is 23.9 Å². The fourth-order valence-corrected chi connectivity index (χ4v) is 1.55. The van der Waals surface area contributed by atoms with Crippen LogP contribution < -0.4 is 5.32 Å². The lowest BCUT2D eigenvalue weighted by Gasteiger charge is -2.03. The molecular weight excluding hydrogens is 178 g/mol. The summed E-state index contributed by atoms with van der Waals surface area (Å²) in [5.74, 6) is 0. The molecule has 0 atom stereocenters. The van der Waals surface area contributed by atoms with E-state index in [1.54, 1.807) is 0 Å². The first-order valence-corrected chi connectivity index (χ1v) is 5.05. The summed E-state index contributed by atoms with van der Waals surface area (Å²) in [5.41, 5.74) is 3.45. The lowest BCUT2D eigenvalue weighted by atomic mass is 10.2. The van der Waals surface area contributed by atoms with Gasteiger partial charge in [-0.1, -0.05) is 6.92 Å². The summed E-state index contributed by atoms with van der Waals surface area (Å²) in [6.45, 7) is 8.68. The lowest BCUT2D eigenvalue weighted by Crippen LogP contribution is -2.13. The average Bonchev–Trinajstić information content (AvgIpc) is 2.41. The first-order chi connectivity index (χ1) is 6.70. The van der Waals surface area contributed by atoms with Gasteiger partial charge in [-0.3, -0.25) is 4.68 Å². The van der Waals surface area contributed by atoms with Crippen LogP contribution in [0.25, 0.3) is 0 Å². The Labute approximate surface area is 84.9 Å². The first-order valence-electron chi connectivity index (χ1n) is 5.05. The Morgan fingerprint density at radius 1 is 1.43 bits per heavy atom. The Bertz CT molecular complexity index is 294. The fraction of sp³-hybridized carbons (Fsp3) is 0.700. The second-order valence-electron chi connectivity index (χ2n) is 3.38. The van der Waals surface area contributed by atoms with Gasteiger partial charge in [-0.25, -0.2) is 0 Å². The van der Waals surface area contributed by atoms with Crippen molar-refractivity contribution in [2.75, 3.05) is 13.2 Å². The fourth-order valence-electron chi connectivity index (χ4n) is 1.55. The van der Waals surface area contributed by atoms with E-state index in [4.69, 9.17) is 5.11 Å². The van der Waals surface area contributed by atoms with E-state index in [0.717, 1.165) is 24.5 Å². The van der Waals surface area contributed by atoms with Gasteiger partial charge in [0.25, 0.3) is 0 Å². The molecule has 0 aromatic carbocycles. The van der Waals surface area contributed by atoms with Crippen molar-refractivity contribution in [2.24, 2.45) is 0 Å². The van der Waals surface area contributed by atoms with Crippen LogP contribution in [0.4, 0.5) is 0 Å².